The first-order valence-corrected chi connectivity index (χ1v) is 13.2. The van der Waals surface area contributed by atoms with Crippen molar-refractivity contribution in [2.75, 3.05) is 59.5 Å². The molecular weight excluding hydrogens is 496 g/mol. The van der Waals surface area contributed by atoms with Gasteiger partial charge in [-0.05, 0) is 51.6 Å². The maximum absolute atomic E-state index is 13.3. The molecule has 3 heterocycles. The van der Waals surface area contributed by atoms with Crippen LogP contribution in [0.2, 0.25) is 5.02 Å². The molecule has 1 atom stereocenters. The number of benzene rings is 1. The summed E-state index contributed by atoms with van der Waals surface area (Å²) in [6.45, 7) is 10.4. The minimum Gasteiger partial charge on any atom is -0.490 e. The zero-order valence-electron chi connectivity index (χ0n) is 22.2. The first-order chi connectivity index (χ1) is 17.6. The number of piperazine rings is 1. The van der Waals surface area contributed by atoms with E-state index in [2.05, 4.69) is 22.0 Å². The lowest BCUT2D eigenvalue weighted by Crippen LogP contribution is -2.59. The Morgan fingerprint density at radius 1 is 1.08 bits per heavy atom. The van der Waals surface area contributed by atoms with E-state index in [-0.39, 0.29) is 31.4 Å². The summed E-state index contributed by atoms with van der Waals surface area (Å²) in [7, 11) is 2.06. The zero-order chi connectivity index (χ0) is 26.6. The van der Waals surface area contributed by atoms with Crippen LogP contribution in [-0.4, -0.2) is 106 Å². The number of aromatic nitrogens is 3. The minimum absolute atomic E-state index is 0.00499. The van der Waals surface area contributed by atoms with Gasteiger partial charge in [-0.25, -0.2) is 9.67 Å². The summed E-state index contributed by atoms with van der Waals surface area (Å²) in [4.78, 5) is 36.7. The highest BCUT2D eigenvalue weighted by Crippen LogP contribution is 2.28. The smallest absolute Gasteiger partial charge is 0.225 e. The molecule has 11 heteroatoms. The van der Waals surface area contributed by atoms with Crippen LogP contribution in [0.15, 0.2) is 18.2 Å². The first-order valence-electron chi connectivity index (χ1n) is 12.8. The second kappa shape index (κ2) is 11.8. The second-order valence-electron chi connectivity index (χ2n) is 10.1. The van der Waals surface area contributed by atoms with Gasteiger partial charge in [0, 0.05) is 44.2 Å². The van der Waals surface area contributed by atoms with Crippen LogP contribution >= 0.6 is 11.6 Å². The van der Waals surface area contributed by atoms with Gasteiger partial charge in [-0.2, -0.15) is 5.10 Å². The number of amides is 2. The molecule has 0 saturated carbocycles. The summed E-state index contributed by atoms with van der Waals surface area (Å²) in [6.07, 6.45) is 0.442. The van der Waals surface area contributed by atoms with Gasteiger partial charge in [-0.3, -0.25) is 9.59 Å². The summed E-state index contributed by atoms with van der Waals surface area (Å²) < 4.78 is 14.2. The number of aryl methyl sites for hydroxylation is 4. The molecule has 2 aliphatic heterocycles. The Kier molecular flexibility index (Phi) is 8.71. The SMILES string of the molecule is Cc1nc(C)n(CCC(=O)N2CCOC(COc3ccc(Cl)c(C)c3)(CC(=O)N3CCN(C)CC3)C2)n1. The third-order valence-electron chi connectivity index (χ3n) is 7.06. The maximum atomic E-state index is 13.3. The summed E-state index contributed by atoms with van der Waals surface area (Å²) >= 11 is 6.17. The van der Waals surface area contributed by atoms with Crippen LogP contribution < -0.4 is 4.74 Å². The highest BCUT2D eigenvalue weighted by Gasteiger charge is 2.42. The largest absolute Gasteiger partial charge is 0.490 e. The summed E-state index contributed by atoms with van der Waals surface area (Å²) in [5, 5.41) is 5.02. The molecule has 4 rings (SSSR count). The Morgan fingerprint density at radius 2 is 1.84 bits per heavy atom. The van der Waals surface area contributed by atoms with Gasteiger partial charge < -0.3 is 24.2 Å². The van der Waals surface area contributed by atoms with Crippen molar-refractivity contribution >= 4 is 23.4 Å². The van der Waals surface area contributed by atoms with Crippen molar-refractivity contribution in [1.82, 2.24) is 29.5 Å². The van der Waals surface area contributed by atoms with E-state index in [0.29, 0.717) is 55.8 Å². The predicted octanol–water partition coefficient (Wildman–Crippen LogP) is 2.09. The maximum Gasteiger partial charge on any atom is 0.225 e. The molecule has 0 radical (unpaired) electrons. The number of hydrogen-bond donors (Lipinski definition) is 0. The van der Waals surface area contributed by atoms with Crippen molar-refractivity contribution in [1.29, 1.82) is 0 Å². The van der Waals surface area contributed by atoms with Gasteiger partial charge in [-0.1, -0.05) is 11.6 Å². The lowest BCUT2D eigenvalue weighted by molar-refractivity contribution is -0.166. The molecule has 1 aromatic heterocycles. The van der Waals surface area contributed by atoms with E-state index in [9.17, 15) is 9.59 Å². The van der Waals surface area contributed by atoms with E-state index in [1.54, 1.807) is 21.7 Å². The van der Waals surface area contributed by atoms with Crippen molar-refractivity contribution in [2.45, 2.75) is 45.8 Å². The lowest BCUT2D eigenvalue weighted by atomic mass is 9.96. The molecule has 2 aliphatic rings. The molecule has 1 unspecified atom stereocenters. The Bertz CT molecular complexity index is 1120. The normalized spacial score (nSPS) is 20.8. The molecule has 0 aliphatic carbocycles. The average molecular weight is 533 g/mol. The van der Waals surface area contributed by atoms with E-state index in [4.69, 9.17) is 21.1 Å². The molecule has 37 heavy (non-hydrogen) atoms. The van der Waals surface area contributed by atoms with Crippen LogP contribution in [0.4, 0.5) is 0 Å². The van der Waals surface area contributed by atoms with Crippen molar-refractivity contribution in [2.24, 2.45) is 0 Å². The Morgan fingerprint density at radius 3 is 2.51 bits per heavy atom. The van der Waals surface area contributed by atoms with Crippen LogP contribution in [0.3, 0.4) is 0 Å². The van der Waals surface area contributed by atoms with Crippen LogP contribution in [0.5, 0.6) is 5.75 Å². The van der Waals surface area contributed by atoms with Crippen LogP contribution in [0.25, 0.3) is 0 Å². The number of carbonyl (C=O) groups excluding carboxylic acids is 2. The highest BCUT2D eigenvalue weighted by molar-refractivity contribution is 6.31. The van der Waals surface area contributed by atoms with Crippen LogP contribution in [-0.2, 0) is 20.9 Å². The van der Waals surface area contributed by atoms with E-state index < -0.39 is 5.60 Å². The number of morpholine rings is 1. The number of rotatable bonds is 8. The van der Waals surface area contributed by atoms with Gasteiger partial charge in [0.15, 0.2) is 0 Å². The van der Waals surface area contributed by atoms with Gasteiger partial charge in [0.05, 0.1) is 26.1 Å². The van der Waals surface area contributed by atoms with Gasteiger partial charge in [0.25, 0.3) is 0 Å². The average Bonchev–Trinajstić information content (AvgIpc) is 3.20. The summed E-state index contributed by atoms with van der Waals surface area (Å²) in [6, 6.07) is 5.46. The molecule has 1 aromatic carbocycles. The fourth-order valence-corrected chi connectivity index (χ4v) is 4.92. The highest BCUT2D eigenvalue weighted by atomic mass is 35.5. The molecule has 2 amide bonds. The van der Waals surface area contributed by atoms with Crippen molar-refractivity contribution in [3.63, 3.8) is 0 Å². The standard InChI is InChI=1S/C26H37ClN6O4/c1-19-15-22(5-6-23(19)27)36-18-26(16-25(35)31-11-9-30(4)10-12-31)17-32(13-14-37-26)24(34)7-8-33-21(3)28-20(2)29-33/h5-6,15H,7-14,16-18H2,1-4H3. The monoisotopic (exact) mass is 532 g/mol. The third kappa shape index (κ3) is 7.00. The first kappa shape index (κ1) is 27.3. The molecule has 0 spiro atoms. The molecule has 202 valence electrons. The number of halogens is 1. The van der Waals surface area contributed by atoms with Gasteiger partial charge in [-0.15, -0.1) is 0 Å². The number of nitrogens with zero attached hydrogens (tertiary/aromatic N) is 6. The van der Waals surface area contributed by atoms with E-state index in [1.165, 1.54) is 0 Å². The summed E-state index contributed by atoms with van der Waals surface area (Å²) in [5.74, 6) is 2.14. The zero-order valence-corrected chi connectivity index (χ0v) is 23.0. The Labute approximate surface area is 223 Å². The number of hydrogen-bond acceptors (Lipinski definition) is 7. The van der Waals surface area contributed by atoms with E-state index >= 15 is 0 Å². The molecule has 0 bridgehead atoms. The molecule has 10 nitrogen and oxygen atoms in total. The van der Waals surface area contributed by atoms with Crippen LogP contribution in [0, 0.1) is 20.8 Å². The van der Waals surface area contributed by atoms with Crippen molar-refractivity contribution in [3.8, 4) is 5.75 Å². The van der Waals surface area contributed by atoms with Crippen molar-refractivity contribution in [3.05, 3.63) is 40.4 Å². The molecule has 2 saturated heterocycles. The fraction of sp³-hybridized carbons (Fsp3) is 0.615. The second-order valence-corrected chi connectivity index (χ2v) is 10.5. The third-order valence-corrected chi connectivity index (χ3v) is 7.49. The molecular formula is C26H37ClN6O4. The number of ether oxygens (including phenoxy) is 2. The van der Waals surface area contributed by atoms with Gasteiger partial charge in [0.2, 0.25) is 11.8 Å². The Balaban J connectivity index is 1.46. The van der Waals surface area contributed by atoms with Gasteiger partial charge in [0.1, 0.15) is 29.6 Å². The molecule has 0 N–H and O–H groups in total. The molecule has 2 aromatic rings. The van der Waals surface area contributed by atoms with E-state index in [0.717, 1.165) is 24.5 Å². The van der Waals surface area contributed by atoms with Gasteiger partial charge >= 0.3 is 0 Å². The van der Waals surface area contributed by atoms with Crippen molar-refractivity contribution < 1.29 is 19.1 Å². The topological polar surface area (TPSA) is 93.0 Å². The lowest BCUT2D eigenvalue weighted by Gasteiger charge is -2.43. The predicted molar refractivity (Wildman–Crippen MR) is 140 cm³/mol. The quantitative estimate of drug-likeness (QED) is 0.514. The molecule has 2 fully saturated rings. The Hall–Kier alpha value is -2.69. The van der Waals surface area contributed by atoms with E-state index in [1.807, 2.05) is 31.7 Å². The van der Waals surface area contributed by atoms with Crippen LogP contribution in [0.1, 0.15) is 30.1 Å². The minimum atomic E-state index is -0.943. The number of likely N-dealkylation sites (N-methyl/N-ethyl adjacent to an activating group) is 1. The number of carbonyl (C=O) groups is 2. The summed E-state index contributed by atoms with van der Waals surface area (Å²) in [5.41, 5.74) is -0.0384. The fourth-order valence-electron chi connectivity index (χ4n) is 4.80.